The van der Waals surface area contributed by atoms with E-state index in [1.807, 2.05) is 44.7 Å². The lowest BCUT2D eigenvalue weighted by atomic mass is 9.91. The Morgan fingerprint density at radius 1 is 1.09 bits per heavy atom. The molecule has 1 saturated heterocycles. The average Bonchev–Trinajstić information content (AvgIpc) is 2.63. The number of rotatable bonds is 6. The molecule has 0 aromatic rings. The number of nitrogens with zero attached hydrogens (tertiary/aromatic N) is 3. The van der Waals surface area contributed by atoms with Gasteiger partial charge in [-0.2, -0.15) is 0 Å². The SMILES string of the molecule is CN1CCN(C)C1=NP(=O)(OCCCC(C)(C)C)OC(C)(C)C. The largest absolute Gasteiger partial charge is 0.457 e. The van der Waals surface area contributed by atoms with Gasteiger partial charge < -0.3 is 9.80 Å². The van der Waals surface area contributed by atoms with Crippen LogP contribution in [0, 0.1) is 5.41 Å². The Morgan fingerprint density at radius 3 is 2.04 bits per heavy atom. The predicted molar refractivity (Wildman–Crippen MR) is 95.8 cm³/mol. The maximum atomic E-state index is 13.1. The quantitative estimate of drug-likeness (QED) is 0.537. The zero-order valence-corrected chi connectivity index (χ0v) is 16.9. The fourth-order valence-corrected chi connectivity index (χ4v) is 3.99. The third-order valence-electron chi connectivity index (χ3n) is 3.38. The first-order chi connectivity index (χ1) is 10.3. The van der Waals surface area contributed by atoms with Crippen molar-refractivity contribution in [3.8, 4) is 0 Å². The summed E-state index contributed by atoms with van der Waals surface area (Å²) in [4.78, 5) is 3.94. The van der Waals surface area contributed by atoms with Crippen LogP contribution in [0.3, 0.4) is 0 Å². The van der Waals surface area contributed by atoms with Gasteiger partial charge in [0.25, 0.3) is 0 Å². The van der Waals surface area contributed by atoms with Crippen molar-refractivity contribution in [2.75, 3.05) is 33.8 Å². The minimum atomic E-state index is -3.54. The lowest BCUT2D eigenvalue weighted by Crippen LogP contribution is -2.29. The topological polar surface area (TPSA) is 54.4 Å². The second-order valence-electron chi connectivity index (χ2n) is 8.41. The van der Waals surface area contributed by atoms with Crippen molar-refractivity contribution in [1.29, 1.82) is 0 Å². The highest BCUT2D eigenvalue weighted by molar-refractivity contribution is 7.52. The van der Waals surface area contributed by atoms with E-state index in [0.717, 1.165) is 25.9 Å². The van der Waals surface area contributed by atoms with Crippen molar-refractivity contribution in [1.82, 2.24) is 9.80 Å². The van der Waals surface area contributed by atoms with Gasteiger partial charge in [-0.3, -0.25) is 9.05 Å². The molecule has 1 unspecified atom stereocenters. The molecule has 1 heterocycles. The van der Waals surface area contributed by atoms with E-state index in [1.165, 1.54) is 0 Å². The van der Waals surface area contributed by atoms with E-state index in [0.29, 0.717) is 12.6 Å². The van der Waals surface area contributed by atoms with Crippen molar-refractivity contribution in [2.45, 2.75) is 60.0 Å². The summed E-state index contributed by atoms with van der Waals surface area (Å²) in [5.74, 6) is 0.661. The van der Waals surface area contributed by atoms with Crippen LogP contribution in [-0.4, -0.2) is 55.2 Å². The van der Waals surface area contributed by atoms with E-state index >= 15 is 0 Å². The van der Waals surface area contributed by atoms with Crippen molar-refractivity contribution in [3.63, 3.8) is 0 Å². The van der Waals surface area contributed by atoms with Crippen molar-refractivity contribution in [3.05, 3.63) is 0 Å². The second kappa shape index (κ2) is 7.54. The molecule has 0 N–H and O–H groups in total. The van der Waals surface area contributed by atoms with Gasteiger partial charge in [-0.15, -0.1) is 4.76 Å². The van der Waals surface area contributed by atoms with Crippen LogP contribution in [0.2, 0.25) is 0 Å². The lowest BCUT2D eigenvalue weighted by molar-refractivity contribution is 0.0926. The van der Waals surface area contributed by atoms with E-state index in [-0.39, 0.29) is 5.41 Å². The van der Waals surface area contributed by atoms with Gasteiger partial charge in [0.2, 0.25) is 5.96 Å². The standard InChI is InChI=1S/C16H34N3O3P/c1-15(2,3)10-9-13-21-23(20,22-16(4,5)6)17-14-18(7)11-12-19(14)8/h9-13H2,1-8H3. The number of likely N-dealkylation sites (N-methyl/N-ethyl adjacent to an activating group) is 2. The van der Waals surface area contributed by atoms with Gasteiger partial charge in [0.1, 0.15) is 0 Å². The predicted octanol–water partition coefficient (Wildman–Crippen LogP) is 3.99. The summed E-state index contributed by atoms with van der Waals surface area (Å²) in [6, 6.07) is 0. The molecule has 1 fully saturated rings. The summed E-state index contributed by atoms with van der Waals surface area (Å²) in [6.07, 6.45) is 1.83. The van der Waals surface area contributed by atoms with Crippen LogP contribution in [0.15, 0.2) is 4.76 Å². The van der Waals surface area contributed by atoms with Gasteiger partial charge in [-0.1, -0.05) is 20.8 Å². The number of hydrogen-bond donors (Lipinski definition) is 0. The molecule has 1 rings (SSSR count). The Kier molecular flexibility index (Phi) is 6.71. The maximum Gasteiger partial charge on any atom is 0.457 e. The Bertz CT molecular complexity index is 454. The molecule has 0 radical (unpaired) electrons. The molecule has 0 aromatic heterocycles. The maximum absolute atomic E-state index is 13.1. The van der Waals surface area contributed by atoms with Gasteiger partial charge in [-0.05, 0) is 39.0 Å². The molecule has 0 aliphatic carbocycles. The van der Waals surface area contributed by atoms with Crippen LogP contribution in [-0.2, 0) is 13.6 Å². The first-order valence-corrected chi connectivity index (χ1v) is 9.79. The zero-order valence-electron chi connectivity index (χ0n) is 16.0. The zero-order chi connectivity index (χ0) is 17.9. The Balaban J connectivity index is 2.82. The van der Waals surface area contributed by atoms with Crippen molar-refractivity contribution in [2.24, 2.45) is 10.2 Å². The van der Waals surface area contributed by atoms with Crippen molar-refractivity contribution >= 4 is 13.7 Å². The van der Waals surface area contributed by atoms with Gasteiger partial charge in [0.15, 0.2) is 0 Å². The summed E-state index contributed by atoms with van der Waals surface area (Å²) in [6.45, 7) is 14.2. The first-order valence-electron chi connectivity index (χ1n) is 8.29. The highest BCUT2D eigenvalue weighted by atomic mass is 31.2. The molecule has 0 amide bonds. The van der Waals surface area contributed by atoms with Gasteiger partial charge in [0.05, 0.1) is 12.2 Å². The molecular formula is C16H34N3O3P. The van der Waals surface area contributed by atoms with Crippen LogP contribution in [0.4, 0.5) is 0 Å². The van der Waals surface area contributed by atoms with Gasteiger partial charge in [0, 0.05) is 27.2 Å². The summed E-state index contributed by atoms with van der Waals surface area (Å²) in [7, 11) is 0.326. The van der Waals surface area contributed by atoms with Crippen molar-refractivity contribution < 1.29 is 13.6 Å². The van der Waals surface area contributed by atoms with E-state index in [1.54, 1.807) is 0 Å². The molecule has 0 saturated carbocycles. The molecular weight excluding hydrogens is 313 g/mol. The molecule has 1 atom stereocenters. The van der Waals surface area contributed by atoms with Gasteiger partial charge in [-0.25, -0.2) is 4.57 Å². The highest BCUT2D eigenvalue weighted by Gasteiger charge is 2.34. The van der Waals surface area contributed by atoms with Crippen LogP contribution in [0.1, 0.15) is 54.4 Å². The van der Waals surface area contributed by atoms with Crippen LogP contribution >= 0.6 is 7.75 Å². The third-order valence-corrected chi connectivity index (χ3v) is 5.09. The summed E-state index contributed by atoms with van der Waals surface area (Å²) in [5.41, 5.74) is -0.352. The van der Waals surface area contributed by atoms with Crippen LogP contribution in [0.25, 0.3) is 0 Å². The molecule has 1 aliphatic rings. The van der Waals surface area contributed by atoms with Crippen LogP contribution < -0.4 is 0 Å². The molecule has 1 aliphatic heterocycles. The fourth-order valence-electron chi connectivity index (χ4n) is 2.26. The molecule has 23 heavy (non-hydrogen) atoms. The third kappa shape index (κ3) is 7.69. The summed E-state index contributed by atoms with van der Waals surface area (Å²) < 4.78 is 28.8. The fraction of sp³-hybridized carbons (Fsp3) is 0.938. The van der Waals surface area contributed by atoms with Gasteiger partial charge >= 0.3 is 7.75 Å². The minimum Gasteiger partial charge on any atom is -0.344 e. The average molecular weight is 347 g/mol. The van der Waals surface area contributed by atoms with E-state index < -0.39 is 13.3 Å². The molecule has 7 heteroatoms. The Hall–Kier alpha value is -0.580. The van der Waals surface area contributed by atoms with Crippen LogP contribution in [0.5, 0.6) is 0 Å². The normalized spacial score (nSPS) is 19.2. The Labute approximate surface area is 141 Å². The monoisotopic (exact) mass is 347 g/mol. The van der Waals surface area contributed by atoms with E-state index in [4.69, 9.17) is 9.05 Å². The number of guanidine groups is 1. The molecule has 136 valence electrons. The number of hydrogen-bond acceptors (Lipinski definition) is 3. The molecule has 0 bridgehead atoms. The molecule has 0 aromatic carbocycles. The minimum absolute atomic E-state index is 0.232. The Morgan fingerprint density at radius 2 is 1.61 bits per heavy atom. The molecule has 6 nitrogen and oxygen atoms in total. The smallest absolute Gasteiger partial charge is 0.344 e. The lowest BCUT2D eigenvalue weighted by Gasteiger charge is -2.26. The molecule has 0 spiro atoms. The second-order valence-corrected chi connectivity index (χ2v) is 9.99. The first kappa shape index (κ1) is 20.5. The highest BCUT2D eigenvalue weighted by Crippen LogP contribution is 2.53. The van der Waals surface area contributed by atoms with E-state index in [9.17, 15) is 4.57 Å². The summed E-state index contributed by atoms with van der Waals surface area (Å²) >= 11 is 0. The summed E-state index contributed by atoms with van der Waals surface area (Å²) in [5, 5.41) is 0. The van der Waals surface area contributed by atoms with E-state index in [2.05, 4.69) is 25.5 Å².